The first-order valence-corrected chi connectivity index (χ1v) is 6.98. The Kier molecular flexibility index (Phi) is 5.69. The van der Waals surface area contributed by atoms with Crippen molar-refractivity contribution in [2.75, 3.05) is 25.1 Å². The van der Waals surface area contributed by atoms with Gasteiger partial charge in [0.25, 0.3) is 0 Å². The molecule has 0 atom stereocenters. The van der Waals surface area contributed by atoms with E-state index in [0.717, 1.165) is 37.6 Å². The molecule has 0 unspecified atom stereocenters. The van der Waals surface area contributed by atoms with E-state index in [4.69, 9.17) is 5.84 Å². The highest BCUT2D eigenvalue weighted by Gasteiger charge is 2.18. The highest BCUT2D eigenvalue weighted by molar-refractivity contribution is 5.36. The van der Waals surface area contributed by atoms with Crippen LogP contribution in [0.2, 0.25) is 0 Å². The summed E-state index contributed by atoms with van der Waals surface area (Å²) in [4.78, 5) is 11.5. The molecule has 0 bridgehead atoms. The predicted molar refractivity (Wildman–Crippen MR) is 80.0 cm³/mol. The number of rotatable bonds is 6. The van der Waals surface area contributed by atoms with Crippen LogP contribution in [-0.4, -0.2) is 34.5 Å². The monoisotopic (exact) mass is 265 g/mol. The van der Waals surface area contributed by atoms with E-state index in [2.05, 4.69) is 54.9 Å². The highest BCUT2D eigenvalue weighted by Crippen LogP contribution is 2.22. The fraction of sp³-hybridized carbons (Fsp3) is 0.714. The second-order valence-electron chi connectivity index (χ2n) is 5.73. The fourth-order valence-corrected chi connectivity index (χ4v) is 1.87. The zero-order chi connectivity index (χ0) is 14.5. The smallest absolute Gasteiger partial charge is 0.143 e. The molecule has 1 aromatic heterocycles. The molecule has 19 heavy (non-hydrogen) atoms. The molecule has 108 valence electrons. The maximum absolute atomic E-state index is 5.49. The summed E-state index contributed by atoms with van der Waals surface area (Å²) < 4.78 is 0. The van der Waals surface area contributed by atoms with Gasteiger partial charge in [-0.05, 0) is 13.1 Å². The average Bonchev–Trinajstić information content (AvgIpc) is 2.38. The molecule has 1 heterocycles. The first-order chi connectivity index (χ1) is 8.90. The van der Waals surface area contributed by atoms with Gasteiger partial charge in [0.15, 0.2) is 0 Å². The lowest BCUT2D eigenvalue weighted by atomic mass is 9.92. The van der Waals surface area contributed by atoms with Crippen LogP contribution >= 0.6 is 0 Å². The van der Waals surface area contributed by atoms with Crippen molar-refractivity contribution in [2.24, 2.45) is 5.84 Å². The van der Waals surface area contributed by atoms with Crippen molar-refractivity contribution >= 4 is 5.82 Å². The van der Waals surface area contributed by atoms with Gasteiger partial charge in [-0.2, -0.15) is 0 Å². The summed E-state index contributed by atoms with van der Waals surface area (Å²) in [5.74, 6) is 7.03. The van der Waals surface area contributed by atoms with Crippen molar-refractivity contribution < 1.29 is 0 Å². The maximum atomic E-state index is 5.49. The Morgan fingerprint density at radius 2 is 1.84 bits per heavy atom. The number of likely N-dealkylation sites (N-methyl/N-ethyl adjacent to an activating group) is 1. The van der Waals surface area contributed by atoms with Crippen LogP contribution < -0.4 is 11.3 Å². The molecule has 5 heteroatoms. The molecular weight excluding hydrogens is 238 g/mol. The zero-order valence-corrected chi connectivity index (χ0v) is 12.8. The topological polar surface area (TPSA) is 67.1 Å². The predicted octanol–water partition coefficient (Wildman–Crippen LogP) is 1.94. The van der Waals surface area contributed by atoms with E-state index in [1.165, 1.54) is 0 Å². The molecule has 0 radical (unpaired) electrons. The van der Waals surface area contributed by atoms with Crippen molar-refractivity contribution in [3.63, 3.8) is 0 Å². The van der Waals surface area contributed by atoms with Crippen molar-refractivity contribution in [2.45, 2.75) is 46.5 Å². The van der Waals surface area contributed by atoms with Gasteiger partial charge in [-0.15, -0.1) is 0 Å². The Balaban J connectivity index is 2.88. The number of anilines is 1. The van der Waals surface area contributed by atoms with E-state index < -0.39 is 0 Å². The van der Waals surface area contributed by atoms with Gasteiger partial charge in [0.2, 0.25) is 0 Å². The normalized spacial score (nSPS) is 11.9. The largest absolute Gasteiger partial charge is 0.308 e. The molecule has 0 fully saturated rings. The van der Waals surface area contributed by atoms with Crippen LogP contribution in [0.4, 0.5) is 5.82 Å². The van der Waals surface area contributed by atoms with Gasteiger partial charge in [-0.3, -0.25) is 0 Å². The second kappa shape index (κ2) is 6.82. The quantitative estimate of drug-likeness (QED) is 0.608. The second-order valence-corrected chi connectivity index (χ2v) is 5.73. The molecule has 0 aromatic carbocycles. The summed E-state index contributed by atoms with van der Waals surface area (Å²) >= 11 is 0. The SMILES string of the molecule is CCN(CC)CCc1nc(NN)cc(C(C)(C)C)n1. The van der Waals surface area contributed by atoms with E-state index in [-0.39, 0.29) is 5.41 Å². The van der Waals surface area contributed by atoms with E-state index in [1.807, 2.05) is 6.07 Å². The van der Waals surface area contributed by atoms with Gasteiger partial charge in [0.1, 0.15) is 11.6 Å². The van der Waals surface area contributed by atoms with Crippen molar-refractivity contribution in [3.8, 4) is 0 Å². The maximum Gasteiger partial charge on any atom is 0.143 e. The number of hydrogen-bond donors (Lipinski definition) is 2. The minimum Gasteiger partial charge on any atom is -0.308 e. The van der Waals surface area contributed by atoms with Crippen LogP contribution in [0.5, 0.6) is 0 Å². The van der Waals surface area contributed by atoms with Crippen LogP contribution in [0.25, 0.3) is 0 Å². The summed E-state index contributed by atoms with van der Waals surface area (Å²) in [7, 11) is 0. The number of aromatic nitrogens is 2. The number of nitrogens with one attached hydrogen (secondary N) is 1. The van der Waals surface area contributed by atoms with E-state index in [9.17, 15) is 0 Å². The Morgan fingerprint density at radius 3 is 2.32 bits per heavy atom. The molecule has 0 aliphatic rings. The average molecular weight is 265 g/mol. The third-order valence-electron chi connectivity index (χ3n) is 3.23. The molecular formula is C14H27N5. The minimum absolute atomic E-state index is 0.00150. The van der Waals surface area contributed by atoms with Crippen LogP contribution in [0.1, 0.15) is 46.1 Å². The first kappa shape index (κ1) is 15.9. The van der Waals surface area contributed by atoms with Gasteiger partial charge in [-0.1, -0.05) is 34.6 Å². The van der Waals surface area contributed by atoms with Crippen LogP contribution in [0.3, 0.4) is 0 Å². The molecule has 5 nitrogen and oxygen atoms in total. The lowest BCUT2D eigenvalue weighted by molar-refractivity contribution is 0.305. The highest BCUT2D eigenvalue weighted by atomic mass is 15.3. The van der Waals surface area contributed by atoms with Crippen LogP contribution in [0, 0.1) is 0 Å². The molecule has 1 rings (SSSR count). The van der Waals surface area contributed by atoms with Gasteiger partial charge in [-0.25, -0.2) is 15.8 Å². The first-order valence-electron chi connectivity index (χ1n) is 6.98. The molecule has 0 aliphatic heterocycles. The number of nitrogen functional groups attached to an aromatic ring is 1. The Morgan fingerprint density at radius 1 is 1.21 bits per heavy atom. The number of nitrogens with zero attached hydrogens (tertiary/aromatic N) is 3. The minimum atomic E-state index is -0.00150. The van der Waals surface area contributed by atoms with Crippen molar-refractivity contribution in [1.29, 1.82) is 0 Å². The number of hydrazine groups is 1. The molecule has 0 saturated carbocycles. The van der Waals surface area contributed by atoms with Gasteiger partial charge >= 0.3 is 0 Å². The van der Waals surface area contributed by atoms with Gasteiger partial charge in [0, 0.05) is 24.4 Å². The number of hydrogen-bond acceptors (Lipinski definition) is 5. The van der Waals surface area contributed by atoms with Gasteiger partial charge < -0.3 is 10.3 Å². The van der Waals surface area contributed by atoms with E-state index in [0.29, 0.717) is 5.82 Å². The van der Waals surface area contributed by atoms with Crippen LogP contribution in [0.15, 0.2) is 6.07 Å². The molecule has 0 aliphatic carbocycles. The third kappa shape index (κ3) is 4.76. The molecule has 0 saturated heterocycles. The summed E-state index contributed by atoms with van der Waals surface area (Å²) in [6.07, 6.45) is 0.848. The lowest BCUT2D eigenvalue weighted by Crippen LogP contribution is -2.26. The third-order valence-corrected chi connectivity index (χ3v) is 3.23. The standard InChI is InChI=1S/C14H27N5/c1-6-19(7-2)9-8-12-16-11(14(3,4)5)10-13(17-12)18-15/h10H,6-9,15H2,1-5H3,(H,16,17,18). The zero-order valence-electron chi connectivity index (χ0n) is 12.8. The summed E-state index contributed by atoms with van der Waals surface area (Å²) in [5.41, 5.74) is 3.65. The fourth-order valence-electron chi connectivity index (χ4n) is 1.87. The number of nitrogens with two attached hydrogens (primary N) is 1. The summed E-state index contributed by atoms with van der Waals surface area (Å²) in [6.45, 7) is 13.8. The summed E-state index contributed by atoms with van der Waals surface area (Å²) in [6, 6.07) is 1.92. The van der Waals surface area contributed by atoms with E-state index >= 15 is 0 Å². The van der Waals surface area contributed by atoms with Crippen LogP contribution in [-0.2, 0) is 11.8 Å². The molecule has 1 aromatic rings. The molecule has 0 spiro atoms. The summed E-state index contributed by atoms with van der Waals surface area (Å²) in [5, 5.41) is 0. The Bertz CT molecular complexity index is 393. The molecule has 3 N–H and O–H groups in total. The van der Waals surface area contributed by atoms with Gasteiger partial charge in [0.05, 0.1) is 5.69 Å². The Labute approximate surface area is 116 Å². The van der Waals surface area contributed by atoms with E-state index in [1.54, 1.807) is 0 Å². The van der Waals surface area contributed by atoms with Crippen molar-refractivity contribution in [1.82, 2.24) is 14.9 Å². The molecule has 0 amide bonds. The van der Waals surface area contributed by atoms with Crippen molar-refractivity contribution in [3.05, 3.63) is 17.6 Å². The lowest BCUT2D eigenvalue weighted by Gasteiger charge is -2.21. The Hall–Kier alpha value is -1.20.